The lowest BCUT2D eigenvalue weighted by Gasteiger charge is -2.05. The molecule has 0 aliphatic heterocycles. The van der Waals surface area contributed by atoms with Gasteiger partial charge in [-0.25, -0.2) is 0 Å². The van der Waals surface area contributed by atoms with Crippen molar-refractivity contribution >= 4 is 9.03 Å². The number of rotatable bonds is 23. The van der Waals surface area contributed by atoms with E-state index in [1.165, 1.54) is 103 Å². The Morgan fingerprint density at radius 2 is 0.923 bits per heavy atom. The van der Waals surface area contributed by atoms with Crippen LogP contribution in [0.15, 0.2) is 0 Å². The van der Waals surface area contributed by atoms with Gasteiger partial charge in [-0.1, -0.05) is 103 Å². The van der Waals surface area contributed by atoms with Crippen molar-refractivity contribution in [2.24, 2.45) is 0 Å². The van der Waals surface area contributed by atoms with Crippen molar-refractivity contribution in [3.8, 4) is 0 Å². The minimum Gasteiger partial charge on any atom is -0.379 e. The zero-order valence-corrected chi connectivity index (χ0v) is 18.9. The third-order valence-electron chi connectivity index (χ3n) is 4.73. The van der Waals surface area contributed by atoms with Crippen LogP contribution in [-0.2, 0) is 13.8 Å². The molecule has 0 radical (unpaired) electrons. The van der Waals surface area contributed by atoms with E-state index in [1.807, 2.05) is 6.92 Å². The first-order valence-electron chi connectivity index (χ1n) is 11.5. The summed E-state index contributed by atoms with van der Waals surface area (Å²) in [5.74, 6) is 0. The molecular formula is C22H47O3P. The van der Waals surface area contributed by atoms with Gasteiger partial charge in [-0.2, -0.15) is 0 Å². The Hall–Kier alpha value is 0.310. The molecule has 158 valence electrons. The molecule has 0 spiro atoms. The van der Waals surface area contributed by atoms with Crippen molar-refractivity contribution in [3.05, 3.63) is 0 Å². The first-order chi connectivity index (χ1) is 12.9. The van der Waals surface area contributed by atoms with Crippen LogP contribution in [0.4, 0.5) is 0 Å². The van der Waals surface area contributed by atoms with Gasteiger partial charge in [0.25, 0.3) is 0 Å². The molecule has 0 aromatic heterocycles. The van der Waals surface area contributed by atoms with E-state index in [4.69, 9.17) is 13.8 Å². The highest BCUT2D eigenvalue weighted by molar-refractivity contribution is 7.26. The van der Waals surface area contributed by atoms with Gasteiger partial charge in [-0.15, -0.1) is 0 Å². The number of hydrogen-bond acceptors (Lipinski definition) is 3. The predicted molar refractivity (Wildman–Crippen MR) is 116 cm³/mol. The Kier molecular flexibility index (Phi) is 25.6. The highest BCUT2D eigenvalue weighted by Gasteiger charge is 1.95. The van der Waals surface area contributed by atoms with E-state index in [9.17, 15) is 0 Å². The SMILES string of the molecule is CCCCCCCCCCCCCCCCCCOCCOPOCC. The standard InChI is InChI=1S/C22H47O3P/c1-3-5-6-7-8-9-10-11-12-13-14-15-16-17-18-19-20-23-21-22-25-26-24-4-2/h26H,3-22H2,1-2H3. The Morgan fingerprint density at radius 1 is 0.462 bits per heavy atom. The monoisotopic (exact) mass is 390 g/mol. The van der Waals surface area contributed by atoms with Crippen LogP contribution in [0.2, 0.25) is 0 Å². The molecule has 1 atom stereocenters. The van der Waals surface area contributed by atoms with Crippen LogP contribution in [0.3, 0.4) is 0 Å². The molecular weight excluding hydrogens is 343 g/mol. The molecule has 0 fully saturated rings. The van der Waals surface area contributed by atoms with Crippen molar-refractivity contribution in [2.75, 3.05) is 26.4 Å². The lowest BCUT2D eigenvalue weighted by molar-refractivity contribution is 0.0975. The fourth-order valence-electron chi connectivity index (χ4n) is 3.10. The maximum atomic E-state index is 5.56. The Balaban J connectivity index is 2.95. The van der Waals surface area contributed by atoms with Gasteiger partial charge in [0, 0.05) is 6.61 Å². The second-order valence-electron chi connectivity index (χ2n) is 7.28. The molecule has 0 bridgehead atoms. The Morgan fingerprint density at radius 3 is 1.38 bits per heavy atom. The number of unbranched alkanes of at least 4 members (excludes halogenated alkanes) is 15. The average Bonchev–Trinajstić information content (AvgIpc) is 2.66. The van der Waals surface area contributed by atoms with Gasteiger partial charge in [-0.3, -0.25) is 0 Å². The van der Waals surface area contributed by atoms with Crippen LogP contribution in [-0.4, -0.2) is 26.4 Å². The van der Waals surface area contributed by atoms with Crippen molar-refractivity contribution in [3.63, 3.8) is 0 Å². The predicted octanol–water partition coefficient (Wildman–Crippen LogP) is 7.83. The minimum atomic E-state index is 0.163. The molecule has 0 aliphatic carbocycles. The van der Waals surface area contributed by atoms with E-state index >= 15 is 0 Å². The van der Waals surface area contributed by atoms with Gasteiger partial charge in [0.15, 0.2) is 9.03 Å². The lowest BCUT2D eigenvalue weighted by Crippen LogP contribution is -2.02. The van der Waals surface area contributed by atoms with Gasteiger partial charge >= 0.3 is 0 Å². The first-order valence-corrected chi connectivity index (χ1v) is 12.3. The van der Waals surface area contributed by atoms with Crippen molar-refractivity contribution in [1.82, 2.24) is 0 Å². The Bertz CT molecular complexity index is 215. The van der Waals surface area contributed by atoms with Crippen LogP contribution in [0, 0.1) is 0 Å². The fraction of sp³-hybridized carbons (Fsp3) is 1.00. The molecule has 0 aromatic rings. The molecule has 0 saturated heterocycles. The summed E-state index contributed by atoms with van der Waals surface area (Å²) in [6.45, 7) is 7.20. The molecule has 0 aromatic carbocycles. The minimum absolute atomic E-state index is 0.163. The average molecular weight is 391 g/mol. The molecule has 0 saturated carbocycles. The molecule has 0 amide bonds. The fourth-order valence-corrected chi connectivity index (χ4v) is 3.46. The van der Waals surface area contributed by atoms with Crippen LogP contribution in [0.25, 0.3) is 0 Å². The molecule has 0 rings (SSSR count). The highest BCUT2D eigenvalue weighted by atomic mass is 31.1. The van der Waals surface area contributed by atoms with Gasteiger partial charge in [-0.05, 0) is 13.3 Å². The van der Waals surface area contributed by atoms with E-state index < -0.39 is 0 Å². The number of hydrogen-bond donors (Lipinski definition) is 0. The highest BCUT2D eigenvalue weighted by Crippen LogP contribution is 2.14. The molecule has 0 aliphatic rings. The maximum absolute atomic E-state index is 5.56. The summed E-state index contributed by atoms with van der Waals surface area (Å²) in [5, 5.41) is 0. The summed E-state index contributed by atoms with van der Waals surface area (Å²) in [4.78, 5) is 0. The third kappa shape index (κ3) is 24.3. The quantitative estimate of drug-likeness (QED) is 0.131. The van der Waals surface area contributed by atoms with Crippen molar-refractivity contribution in [2.45, 2.75) is 117 Å². The maximum Gasteiger partial charge on any atom is 0.155 e. The summed E-state index contributed by atoms with van der Waals surface area (Å²) in [5.41, 5.74) is 0. The zero-order chi connectivity index (χ0) is 19.0. The van der Waals surface area contributed by atoms with Gasteiger partial charge in [0.1, 0.15) is 0 Å². The topological polar surface area (TPSA) is 27.7 Å². The Labute approximate surface area is 166 Å². The van der Waals surface area contributed by atoms with Crippen LogP contribution >= 0.6 is 9.03 Å². The second-order valence-corrected chi connectivity index (χ2v) is 8.02. The van der Waals surface area contributed by atoms with E-state index in [-0.39, 0.29) is 9.03 Å². The van der Waals surface area contributed by atoms with E-state index in [1.54, 1.807) is 0 Å². The van der Waals surface area contributed by atoms with Gasteiger partial charge in [0.05, 0.1) is 19.8 Å². The van der Waals surface area contributed by atoms with E-state index in [0.29, 0.717) is 13.2 Å². The third-order valence-corrected chi connectivity index (χ3v) is 5.46. The van der Waals surface area contributed by atoms with Crippen LogP contribution < -0.4 is 0 Å². The van der Waals surface area contributed by atoms with Crippen molar-refractivity contribution < 1.29 is 13.8 Å². The van der Waals surface area contributed by atoms with Crippen LogP contribution in [0.1, 0.15) is 117 Å². The molecule has 26 heavy (non-hydrogen) atoms. The first kappa shape index (κ1) is 26.3. The van der Waals surface area contributed by atoms with E-state index in [2.05, 4.69) is 6.92 Å². The number of ether oxygens (including phenoxy) is 1. The van der Waals surface area contributed by atoms with Gasteiger partial charge < -0.3 is 13.8 Å². The largest absolute Gasteiger partial charge is 0.379 e. The molecule has 0 N–H and O–H groups in total. The van der Waals surface area contributed by atoms with Crippen LogP contribution in [0.5, 0.6) is 0 Å². The molecule has 3 nitrogen and oxygen atoms in total. The molecule has 4 heteroatoms. The van der Waals surface area contributed by atoms with Crippen molar-refractivity contribution in [1.29, 1.82) is 0 Å². The lowest BCUT2D eigenvalue weighted by atomic mass is 10.0. The summed E-state index contributed by atoms with van der Waals surface area (Å²) in [6.07, 6.45) is 22.6. The zero-order valence-electron chi connectivity index (χ0n) is 17.9. The summed E-state index contributed by atoms with van der Waals surface area (Å²) >= 11 is 0. The smallest absolute Gasteiger partial charge is 0.155 e. The summed E-state index contributed by atoms with van der Waals surface area (Å²) < 4.78 is 16.0. The second kappa shape index (κ2) is 25.3. The molecule has 1 unspecified atom stereocenters. The summed E-state index contributed by atoms with van der Waals surface area (Å²) in [7, 11) is 0.163. The normalized spacial score (nSPS) is 11.8. The summed E-state index contributed by atoms with van der Waals surface area (Å²) in [6, 6.07) is 0. The van der Waals surface area contributed by atoms with Gasteiger partial charge in [0.2, 0.25) is 0 Å². The molecule has 0 heterocycles. The van der Waals surface area contributed by atoms with E-state index in [0.717, 1.165) is 13.2 Å².